The van der Waals surface area contributed by atoms with Crippen LogP contribution in [0.2, 0.25) is 0 Å². The summed E-state index contributed by atoms with van der Waals surface area (Å²) >= 11 is 0. The number of carboxylic acid groups (broad SMARTS) is 1. The van der Waals surface area contributed by atoms with E-state index in [1.54, 1.807) is 6.92 Å². The van der Waals surface area contributed by atoms with Crippen molar-refractivity contribution in [3.05, 3.63) is 41.0 Å². The molecule has 0 aliphatic carbocycles. The molecule has 0 spiro atoms. The number of carbonyl (C=O) groups is 2. The number of benzene rings is 1. The van der Waals surface area contributed by atoms with Gasteiger partial charge in [0.25, 0.3) is 0 Å². The molecule has 27 heavy (non-hydrogen) atoms. The number of aliphatic carboxylic acids is 1. The molecule has 0 aromatic heterocycles. The standard InChI is InChI=1S/C20H30NO5P/c1-13(2)10-15-4-6-16(7-5-15)11-14(3)12-20(25,27-26)17(19(23)24)8-9-18(21)22/h4-7,11,13,17,25H,8-10,12,27H2,1-3H3,(H2,21,22)(H,23,24)/b14-11+. The van der Waals surface area contributed by atoms with Gasteiger partial charge in [-0.3, -0.25) is 9.59 Å². The minimum absolute atomic E-state index is 0.0463. The Morgan fingerprint density at radius 2 is 1.85 bits per heavy atom. The van der Waals surface area contributed by atoms with E-state index in [0.29, 0.717) is 11.5 Å². The normalized spacial score (nSPS) is 15.8. The molecule has 0 aliphatic heterocycles. The lowest BCUT2D eigenvalue weighted by molar-refractivity contribution is -0.147. The van der Waals surface area contributed by atoms with Gasteiger partial charge in [-0.05, 0) is 36.8 Å². The van der Waals surface area contributed by atoms with Gasteiger partial charge in [-0.15, -0.1) is 0 Å². The zero-order valence-electron chi connectivity index (χ0n) is 16.1. The van der Waals surface area contributed by atoms with E-state index < -0.39 is 31.6 Å². The van der Waals surface area contributed by atoms with Gasteiger partial charge in [-0.2, -0.15) is 0 Å². The van der Waals surface area contributed by atoms with Crippen LogP contribution < -0.4 is 5.73 Å². The summed E-state index contributed by atoms with van der Waals surface area (Å²) in [6.07, 6.45) is 2.45. The van der Waals surface area contributed by atoms with Crippen LogP contribution in [-0.2, 0) is 20.6 Å². The van der Waals surface area contributed by atoms with Crippen LogP contribution >= 0.6 is 8.46 Å². The summed E-state index contributed by atoms with van der Waals surface area (Å²) in [4.78, 5) is 22.5. The number of nitrogens with two attached hydrogens (primary N) is 1. The van der Waals surface area contributed by atoms with Gasteiger partial charge in [0.1, 0.15) is 5.34 Å². The summed E-state index contributed by atoms with van der Waals surface area (Å²) in [6.45, 7) is 6.07. The third kappa shape index (κ3) is 7.69. The van der Waals surface area contributed by atoms with Crippen molar-refractivity contribution in [3.63, 3.8) is 0 Å². The molecule has 0 heterocycles. The Kier molecular flexibility index (Phi) is 8.94. The predicted octanol–water partition coefficient (Wildman–Crippen LogP) is 3.09. The summed E-state index contributed by atoms with van der Waals surface area (Å²) in [7, 11) is -1.78. The third-order valence-electron chi connectivity index (χ3n) is 4.38. The minimum Gasteiger partial charge on any atom is -0.481 e. The van der Waals surface area contributed by atoms with Crippen LogP contribution in [0.15, 0.2) is 29.8 Å². The number of aliphatic hydroxyl groups is 1. The van der Waals surface area contributed by atoms with Crippen LogP contribution in [0.3, 0.4) is 0 Å². The van der Waals surface area contributed by atoms with Crippen molar-refractivity contribution in [1.29, 1.82) is 0 Å². The summed E-state index contributed by atoms with van der Waals surface area (Å²) in [6, 6.07) is 8.01. The number of primary amides is 1. The average Bonchev–Trinajstić information content (AvgIpc) is 2.55. The van der Waals surface area contributed by atoms with E-state index in [0.717, 1.165) is 12.0 Å². The van der Waals surface area contributed by atoms with E-state index in [1.807, 2.05) is 30.3 Å². The highest BCUT2D eigenvalue weighted by atomic mass is 31.1. The van der Waals surface area contributed by atoms with Crippen LogP contribution in [0, 0.1) is 11.8 Å². The summed E-state index contributed by atoms with van der Waals surface area (Å²) < 4.78 is 11.7. The maximum atomic E-state index is 11.7. The first-order valence-electron chi connectivity index (χ1n) is 9.03. The molecule has 1 aromatic carbocycles. The molecule has 0 radical (unpaired) electrons. The van der Waals surface area contributed by atoms with Crippen molar-refractivity contribution in [2.24, 2.45) is 17.6 Å². The smallest absolute Gasteiger partial charge is 0.309 e. The second-order valence-corrected chi connectivity index (χ2v) is 8.75. The maximum Gasteiger partial charge on any atom is 0.309 e. The topological polar surface area (TPSA) is 118 Å². The van der Waals surface area contributed by atoms with Crippen molar-refractivity contribution in [1.82, 2.24) is 0 Å². The van der Waals surface area contributed by atoms with Crippen molar-refractivity contribution in [2.45, 2.75) is 51.8 Å². The first kappa shape index (κ1) is 23.1. The van der Waals surface area contributed by atoms with Gasteiger partial charge < -0.3 is 20.5 Å². The number of rotatable bonds is 11. The highest BCUT2D eigenvalue weighted by Gasteiger charge is 2.41. The molecule has 4 N–H and O–H groups in total. The molecule has 6 nitrogen and oxygen atoms in total. The van der Waals surface area contributed by atoms with Crippen molar-refractivity contribution < 1.29 is 24.4 Å². The molecule has 0 saturated carbocycles. The fourth-order valence-corrected chi connectivity index (χ4v) is 4.00. The molecular formula is C20H30NO5P. The van der Waals surface area contributed by atoms with Gasteiger partial charge in [-0.1, -0.05) is 49.8 Å². The van der Waals surface area contributed by atoms with Crippen molar-refractivity contribution in [3.8, 4) is 0 Å². The van der Waals surface area contributed by atoms with E-state index in [1.165, 1.54) is 5.56 Å². The molecule has 1 amide bonds. The van der Waals surface area contributed by atoms with E-state index in [9.17, 15) is 24.4 Å². The van der Waals surface area contributed by atoms with Gasteiger partial charge in [-0.25, -0.2) is 0 Å². The second-order valence-electron chi connectivity index (χ2n) is 7.51. The molecule has 0 aliphatic rings. The molecular weight excluding hydrogens is 365 g/mol. The minimum atomic E-state index is -1.89. The Labute approximate surface area is 161 Å². The summed E-state index contributed by atoms with van der Waals surface area (Å²) in [5, 5.41) is 18.2. The quantitative estimate of drug-likeness (QED) is 0.498. The van der Waals surface area contributed by atoms with Crippen LogP contribution in [-0.4, -0.2) is 27.4 Å². The van der Waals surface area contributed by atoms with Gasteiger partial charge in [0, 0.05) is 12.8 Å². The summed E-state index contributed by atoms with van der Waals surface area (Å²) in [5.74, 6) is -2.68. The molecule has 0 saturated heterocycles. The summed E-state index contributed by atoms with van der Waals surface area (Å²) in [5.41, 5.74) is 7.94. The number of carbonyl (C=O) groups excluding carboxylic acids is 1. The molecule has 7 heteroatoms. The third-order valence-corrected chi connectivity index (χ3v) is 5.40. The van der Waals surface area contributed by atoms with Crippen LogP contribution in [0.25, 0.3) is 6.08 Å². The highest BCUT2D eigenvalue weighted by Crippen LogP contribution is 2.38. The number of carboxylic acids is 1. The predicted molar refractivity (Wildman–Crippen MR) is 108 cm³/mol. The van der Waals surface area contributed by atoms with E-state index in [-0.39, 0.29) is 19.3 Å². The van der Waals surface area contributed by atoms with Crippen LogP contribution in [0.4, 0.5) is 0 Å². The van der Waals surface area contributed by atoms with E-state index in [2.05, 4.69) is 13.8 Å². The molecule has 1 rings (SSSR count). The number of hydrogen-bond acceptors (Lipinski definition) is 4. The zero-order valence-corrected chi connectivity index (χ0v) is 17.3. The molecule has 1 aromatic rings. The Balaban J connectivity index is 2.95. The number of hydrogen-bond donors (Lipinski definition) is 3. The Bertz CT molecular complexity index is 699. The first-order chi connectivity index (χ1) is 12.6. The SMILES string of the molecule is C/C(=C\c1ccc(CC(C)C)cc1)CC(O)([PH2]=O)C(CCC(N)=O)C(=O)O. The zero-order chi connectivity index (χ0) is 20.6. The average molecular weight is 395 g/mol. The van der Waals surface area contributed by atoms with Crippen molar-refractivity contribution >= 4 is 26.4 Å². The Hall–Kier alpha value is -1.91. The molecule has 150 valence electrons. The lowest BCUT2D eigenvalue weighted by Gasteiger charge is -2.29. The fraction of sp³-hybridized carbons (Fsp3) is 0.500. The fourth-order valence-electron chi connectivity index (χ4n) is 3.12. The molecule has 3 atom stereocenters. The lowest BCUT2D eigenvalue weighted by atomic mass is 9.90. The molecule has 3 unspecified atom stereocenters. The highest BCUT2D eigenvalue weighted by molar-refractivity contribution is 7.25. The van der Waals surface area contributed by atoms with Crippen LogP contribution in [0.5, 0.6) is 0 Å². The van der Waals surface area contributed by atoms with Crippen molar-refractivity contribution in [2.75, 3.05) is 0 Å². The Morgan fingerprint density at radius 1 is 1.26 bits per heavy atom. The van der Waals surface area contributed by atoms with Gasteiger partial charge in [0.15, 0.2) is 0 Å². The largest absolute Gasteiger partial charge is 0.481 e. The van der Waals surface area contributed by atoms with Crippen LogP contribution in [0.1, 0.15) is 51.2 Å². The lowest BCUT2D eigenvalue weighted by Crippen LogP contribution is -2.38. The van der Waals surface area contributed by atoms with Gasteiger partial charge in [0.05, 0.1) is 14.4 Å². The van der Waals surface area contributed by atoms with Gasteiger partial charge in [0.2, 0.25) is 5.91 Å². The maximum absolute atomic E-state index is 11.7. The Morgan fingerprint density at radius 3 is 2.30 bits per heavy atom. The monoisotopic (exact) mass is 395 g/mol. The number of amides is 1. The van der Waals surface area contributed by atoms with E-state index in [4.69, 9.17) is 5.73 Å². The van der Waals surface area contributed by atoms with Gasteiger partial charge >= 0.3 is 5.97 Å². The molecule has 0 fully saturated rings. The molecule has 0 bridgehead atoms. The van der Waals surface area contributed by atoms with E-state index >= 15 is 0 Å². The first-order valence-corrected chi connectivity index (χ1v) is 10.1. The second kappa shape index (κ2) is 10.4.